The minimum Gasteiger partial charge on any atom is -0.333 e. The lowest BCUT2D eigenvalue weighted by Crippen LogP contribution is -2.44. The summed E-state index contributed by atoms with van der Waals surface area (Å²) in [6, 6.07) is 0.359. The Morgan fingerprint density at radius 3 is 2.75 bits per heavy atom. The molecule has 0 bridgehead atoms. The molecule has 1 aliphatic rings. The minimum absolute atomic E-state index is 0.0186. The highest BCUT2D eigenvalue weighted by Crippen LogP contribution is 2.23. The number of hydrogen-bond donors (Lipinski definition) is 1. The lowest BCUT2D eigenvalue weighted by atomic mass is 9.96. The van der Waals surface area contributed by atoms with Gasteiger partial charge in [0.05, 0.1) is 0 Å². The molecule has 20 heavy (non-hydrogen) atoms. The number of amides is 1. The second-order valence-electron chi connectivity index (χ2n) is 6.69. The maximum atomic E-state index is 12.6. The van der Waals surface area contributed by atoms with E-state index < -0.39 is 0 Å². The van der Waals surface area contributed by atoms with Crippen LogP contribution in [0.1, 0.15) is 76.2 Å². The van der Waals surface area contributed by atoms with Gasteiger partial charge in [-0.05, 0) is 25.7 Å². The molecule has 5 nitrogen and oxygen atoms in total. The Labute approximate surface area is 121 Å². The fraction of sp³-hybridized carbons (Fsp3) is 0.800. The molecule has 1 unspecified atom stereocenters. The number of rotatable bonds is 3. The van der Waals surface area contributed by atoms with Crippen LogP contribution in [0.4, 0.5) is 0 Å². The maximum Gasteiger partial charge on any atom is 0.293 e. The van der Waals surface area contributed by atoms with E-state index in [0.717, 1.165) is 38.1 Å². The first-order valence-corrected chi connectivity index (χ1v) is 7.67. The van der Waals surface area contributed by atoms with Crippen LogP contribution in [0.15, 0.2) is 0 Å². The van der Waals surface area contributed by atoms with Gasteiger partial charge < -0.3 is 4.90 Å². The van der Waals surface area contributed by atoms with E-state index in [1.54, 1.807) is 0 Å². The van der Waals surface area contributed by atoms with Crippen LogP contribution >= 0.6 is 0 Å². The van der Waals surface area contributed by atoms with Gasteiger partial charge in [0.25, 0.3) is 5.91 Å². The summed E-state index contributed by atoms with van der Waals surface area (Å²) in [7, 11) is 0. The fourth-order valence-corrected chi connectivity index (χ4v) is 2.72. The van der Waals surface area contributed by atoms with Crippen LogP contribution in [0.3, 0.4) is 0 Å². The molecule has 1 aliphatic heterocycles. The third kappa shape index (κ3) is 3.19. The molecule has 0 radical (unpaired) electrons. The summed E-state index contributed by atoms with van der Waals surface area (Å²) in [5.74, 6) is 1.07. The Morgan fingerprint density at radius 2 is 2.15 bits per heavy atom. The predicted molar refractivity (Wildman–Crippen MR) is 78.7 cm³/mol. The van der Waals surface area contributed by atoms with Crippen molar-refractivity contribution >= 4 is 5.91 Å². The second kappa shape index (κ2) is 5.94. The Hall–Kier alpha value is -1.39. The third-order valence-electron chi connectivity index (χ3n) is 3.90. The topological polar surface area (TPSA) is 61.9 Å². The highest BCUT2D eigenvalue weighted by Gasteiger charge is 2.30. The SMILES string of the molecule is CCCC1CCCCN1C(=O)c1n[nH]c(C(C)(C)C)n1. The van der Waals surface area contributed by atoms with Gasteiger partial charge in [-0.3, -0.25) is 9.89 Å². The zero-order valence-electron chi connectivity index (χ0n) is 13.1. The first kappa shape index (κ1) is 15.0. The molecule has 112 valence electrons. The van der Waals surface area contributed by atoms with Gasteiger partial charge >= 0.3 is 0 Å². The fourth-order valence-electron chi connectivity index (χ4n) is 2.72. The van der Waals surface area contributed by atoms with E-state index in [2.05, 4.69) is 42.9 Å². The number of carbonyl (C=O) groups excluding carboxylic acids is 1. The number of nitrogens with zero attached hydrogens (tertiary/aromatic N) is 3. The number of carbonyl (C=O) groups is 1. The highest BCUT2D eigenvalue weighted by atomic mass is 16.2. The van der Waals surface area contributed by atoms with Crippen molar-refractivity contribution in [3.63, 3.8) is 0 Å². The molecule has 2 rings (SSSR count). The minimum atomic E-state index is -0.115. The molecule has 0 spiro atoms. The van der Waals surface area contributed by atoms with Crippen molar-refractivity contribution < 1.29 is 4.79 Å². The van der Waals surface area contributed by atoms with Gasteiger partial charge in [0.1, 0.15) is 5.82 Å². The first-order chi connectivity index (χ1) is 9.43. The van der Waals surface area contributed by atoms with Crippen LogP contribution < -0.4 is 0 Å². The van der Waals surface area contributed by atoms with E-state index in [1.165, 1.54) is 6.42 Å². The number of hydrogen-bond acceptors (Lipinski definition) is 3. The molecule has 1 atom stereocenters. The van der Waals surface area contributed by atoms with E-state index in [9.17, 15) is 4.79 Å². The number of aromatic nitrogens is 3. The van der Waals surface area contributed by atoms with Crippen LogP contribution in [0.2, 0.25) is 0 Å². The first-order valence-electron chi connectivity index (χ1n) is 7.67. The van der Waals surface area contributed by atoms with Crippen molar-refractivity contribution in [3.05, 3.63) is 11.6 Å². The van der Waals surface area contributed by atoms with E-state index in [-0.39, 0.29) is 11.3 Å². The van der Waals surface area contributed by atoms with Crippen molar-refractivity contribution in [1.29, 1.82) is 0 Å². The van der Waals surface area contributed by atoms with Crippen molar-refractivity contribution in [1.82, 2.24) is 20.1 Å². The predicted octanol–water partition coefficient (Wildman–Crippen LogP) is 2.90. The van der Waals surface area contributed by atoms with Crippen molar-refractivity contribution in [2.45, 2.75) is 71.3 Å². The Bertz CT molecular complexity index is 459. The summed E-state index contributed by atoms with van der Waals surface area (Å²) in [6.07, 6.45) is 5.59. The van der Waals surface area contributed by atoms with Gasteiger partial charge in [0.15, 0.2) is 0 Å². The lowest BCUT2D eigenvalue weighted by molar-refractivity contribution is 0.0588. The number of nitrogens with one attached hydrogen (secondary N) is 1. The Balaban J connectivity index is 2.15. The standard InChI is InChI=1S/C15H26N4O/c1-5-8-11-9-6-7-10-19(11)13(20)12-16-14(18-17-12)15(2,3)4/h11H,5-10H2,1-4H3,(H,16,17,18). The van der Waals surface area contributed by atoms with Gasteiger partial charge in [0, 0.05) is 18.0 Å². The molecule has 1 fully saturated rings. The third-order valence-corrected chi connectivity index (χ3v) is 3.90. The average molecular weight is 278 g/mol. The summed E-state index contributed by atoms with van der Waals surface area (Å²) < 4.78 is 0. The largest absolute Gasteiger partial charge is 0.333 e. The lowest BCUT2D eigenvalue weighted by Gasteiger charge is -2.35. The molecule has 1 aromatic rings. The van der Waals surface area contributed by atoms with Gasteiger partial charge in [0.2, 0.25) is 5.82 Å². The molecule has 2 heterocycles. The molecule has 0 aliphatic carbocycles. The number of H-pyrrole nitrogens is 1. The van der Waals surface area contributed by atoms with Gasteiger partial charge in [-0.25, -0.2) is 4.98 Å². The summed E-state index contributed by atoms with van der Waals surface area (Å²) in [6.45, 7) is 9.18. The summed E-state index contributed by atoms with van der Waals surface area (Å²) >= 11 is 0. The quantitative estimate of drug-likeness (QED) is 0.924. The van der Waals surface area contributed by atoms with Crippen molar-refractivity contribution in [3.8, 4) is 0 Å². The van der Waals surface area contributed by atoms with Crippen molar-refractivity contribution in [2.75, 3.05) is 6.54 Å². The van der Waals surface area contributed by atoms with Crippen LogP contribution in [-0.2, 0) is 5.41 Å². The molecule has 1 saturated heterocycles. The molecule has 0 aromatic carbocycles. The summed E-state index contributed by atoms with van der Waals surface area (Å²) in [5, 5.41) is 7.03. The second-order valence-corrected chi connectivity index (χ2v) is 6.69. The molecule has 0 saturated carbocycles. The van der Waals surface area contributed by atoms with E-state index in [0.29, 0.717) is 11.9 Å². The van der Waals surface area contributed by atoms with E-state index in [4.69, 9.17) is 0 Å². The number of likely N-dealkylation sites (tertiary alicyclic amines) is 1. The van der Waals surface area contributed by atoms with E-state index in [1.807, 2.05) is 4.90 Å². The van der Waals surface area contributed by atoms with Gasteiger partial charge in [-0.1, -0.05) is 34.1 Å². The molecular weight excluding hydrogens is 252 g/mol. The number of aromatic amines is 1. The van der Waals surface area contributed by atoms with E-state index >= 15 is 0 Å². The molecule has 1 amide bonds. The highest BCUT2D eigenvalue weighted by molar-refractivity contribution is 5.90. The van der Waals surface area contributed by atoms with Gasteiger partial charge in [-0.2, -0.15) is 0 Å². The molecule has 5 heteroatoms. The monoisotopic (exact) mass is 278 g/mol. The van der Waals surface area contributed by atoms with Crippen molar-refractivity contribution in [2.24, 2.45) is 0 Å². The van der Waals surface area contributed by atoms with Gasteiger partial charge in [-0.15, -0.1) is 5.10 Å². The Morgan fingerprint density at radius 1 is 1.40 bits per heavy atom. The van der Waals surface area contributed by atoms with Crippen LogP contribution in [0.5, 0.6) is 0 Å². The van der Waals surface area contributed by atoms with Crippen LogP contribution in [0, 0.1) is 0 Å². The Kier molecular flexibility index (Phi) is 4.45. The summed E-state index contributed by atoms with van der Waals surface area (Å²) in [4.78, 5) is 19.0. The normalized spacial score (nSPS) is 20.2. The number of piperidine rings is 1. The average Bonchev–Trinajstić information content (AvgIpc) is 2.88. The molecule has 1 N–H and O–H groups in total. The molecule has 1 aromatic heterocycles. The van der Waals surface area contributed by atoms with Crippen LogP contribution in [-0.4, -0.2) is 38.6 Å². The molecular formula is C15H26N4O. The smallest absolute Gasteiger partial charge is 0.293 e. The zero-order valence-corrected chi connectivity index (χ0v) is 13.1. The maximum absolute atomic E-state index is 12.6. The van der Waals surface area contributed by atoms with Crippen LogP contribution in [0.25, 0.3) is 0 Å². The summed E-state index contributed by atoms with van der Waals surface area (Å²) in [5.41, 5.74) is -0.115. The zero-order chi connectivity index (χ0) is 14.8.